The van der Waals surface area contributed by atoms with Gasteiger partial charge in [0.1, 0.15) is 16.6 Å². The van der Waals surface area contributed by atoms with Gasteiger partial charge >= 0.3 is 0 Å². The molecule has 4 aromatic rings. The van der Waals surface area contributed by atoms with Crippen LogP contribution < -0.4 is 23.7 Å². The van der Waals surface area contributed by atoms with Crippen LogP contribution in [0.15, 0.2) is 69.3 Å². The molecule has 0 amide bonds. The number of thiophene rings is 1. The van der Waals surface area contributed by atoms with Crippen molar-refractivity contribution in [2.45, 2.75) is 47.8 Å². The number of hydrogen-bond donors (Lipinski definition) is 2. The molecule has 228 valence electrons. The van der Waals surface area contributed by atoms with Gasteiger partial charge in [-0.1, -0.05) is 37.6 Å². The number of para-hydroxylation sites is 2. The van der Waals surface area contributed by atoms with Crippen LogP contribution in [0.2, 0.25) is 0 Å². The molecular formula is C28H31N5O7S3. The van der Waals surface area contributed by atoms with Gasteiger partial charge in [-0.05, 0) is 54.5 Å². The smallest absolute Gasteiger partial charge is 0.280 e. The molecule has 0 bridgehead atoms. The van der Waals surface area contributed by atoms with E-state index in [1.807, 2.05) is 6.92 Å². The number of rotatable bonds is 15. The number of benzene rings is 1. The summed E-state index contributed by atoms with van der Waals surface area (Å²) in [4.78, 5) is 13.3. The molecule has 3 heterocycles. The van der Waals surface area contributed by atoms with E-state index in [0.717, 1.165) is 30.6 Å². The summed E-state index contributed by atoms with van der Waals surface area (Å²) in [6.45, 7) is 1.75. The van der Waals surface area contributed by atoms with E-state index in [9.17, 15) is 16.8 Å². The number of anilines is 1. The molecule has 0 radical (unpaired) electrons. The second kappa shape index (κ2) is 13.2. The van der Waals surface area contributed by atoms with Crippen LogP contribution in [-0.4, -0.2) is 52.0 Å². The summed E-state index contributed by atoms with van der Waals surface area (Å²) in [5.74, 6) is 0.762. The van der Waals surface area contributed by atoms with Crippen molar-refractivity contribution in [3.05, 3.63) is 71.5 Å². The summed E-state index contributed by atoms with van der Waals surface area (Å²) in [5, 5.41) is 1.56. The number of sulfonamides is 2. The average molecular weight is 646 g/mol. The maximum absolute atomic E-state index is 13.7. The lowest BCUT2D eigenvalue weighted by atomic mass is 10.2. The minimum absolute atomic E-state index is 0.0220. The lowest BCUT2D eigenvalue weighted by Gasteiger charge is -2.18. The minimum Gasteiger partial charge on any atom is -0.493 e. The molecule has 15 heteroatoms. The molecule has 3 aromatic heterocycles. The highest BCUT2D eigenvalue weighted by atomic mass is 32.2. The summed E-state index contributed by atoms with van der Waals surface area (Å²) in [6, 6.07) is 13.4. The largest absolute Gasteiger partial charge is 0.493 e. The Morgan fingerprint density at radius 3 is 2.47 bits per heavy atom. The van der Waals surface area contributed by atoms with Crippen LogP contribution in [0.4, 0.5) is 5.82 Å². The van der Waals surface area contributed by atoms with Gasteiger partial charge in [0, 0.05) is 18.7 Å². The first-order valence-electron chi connectivity index (χ1n) is 13.6. The number of methoxy groups -OCH3 is 1. The topological polar surface area (TPSA) is 159 Å². The normalized spacial score (nSPS) is 13.4. The van der Waals surface area contributed by atoms with Gasteiger partial charge in [0.05, 0.1) is 7.11 Å². The Balaban J connectivity index is 1.51. The number of ether oxygens (including phenoxy) is 3. The Labute approximate surface area is 254 Å². The molecule has 1 aromatic carbocycles. The predicted molar refractivity (Wildman–Crippen MR) is 161 cm³/mol. The Morgan fingerprint density at radius 2 is 1.77 bits per heavy atom. The van der Waals surface area contributed by atoms with Crippen LogP contribution in [0.3, 0.4) is 0 Å². The van der Waals surface area contributed by atoms with Crippen LogP contribution >= 0.6 is 11.3 Å². The van der Waals surface area contributed by atoms with Crippen molar-refractivity contribution in [2.75, 3.05) is 25.0 Å². The van der Waals surface area contributed by atoms with Gasteiger partial charge in [0.25, 0.3) is 15.9 Å². The molecule has 1 saturated carbocycles. The minimum atomic E-state index is -4.21. The van der Waals surface area contributed by atoms with Crippen molar-refractivity contribution in [1.82, 2.24) is 19.7 Å². The van der Waals surface area contributed by atoms with E-state index in [2.05, 4.69) is 24.4 Å². The van der Waals surface area contributed by atoms with E-state index in [4.69, 9.17) is 14.2 Å². The van der Waals surface area contributed by atoms with Crippen molar-refractivity contribution < 1.29 is 31.0 Å². The average Bonchev–Trinajstić information content (AvgIpc) is 3.69. The van der Waals surface area contributed by atoms with Gasteiger partial charge in [-0.15, -0.1) is 11.3 Å². The van der Waals surface area contributed by atoms with Gasteiger partial charge in [0.15, 0.2) is 22.3 Å². The predicted octanol–water partition coefficient (Wildman–Crippen LogP) is 4.72. The standard InChI is InChI=1S/C28H31N5O7S3/c1-3-8-20-9-6-15-29-28(20)43(36,37)33-26-24(40-22-11-5-4-10-21(22)38-2)27(32-25(31-26)19-13-14-19)39-17-16-30-42(34,35)23-12-7-18-41-23/h4-7,9-12,15,18-19,30H,3,8,13-14,16-17H2,1-2H3,(H,31,32,33). The molecule has 5 rings (SSSR count). The summed E-state index contributed by atoms with van der Waals surface area (Å²) in [7, 11) is -6.45. The first kappa shape index (κ1) is 30.7. The Bertz CT molecular complexity index is 1780. The first-order chi connectivity index (χ1) is 20.7. The van der Waals surface area contributed by atoms with Crippen LogP contribution in [-0.2, 0) is 26.5 Å². The number of aryl methyl sites for hydroxylation is 1. The maximum atomic E-state index is 13.7. The molecule has 1 aliphatic carbocycles. The van der Waals surface area contributed by atoms with Gasteiger partial charge in [-0.3, -0.25) is 4.72 Å². The molecule has 1 fully saturated rings. The fraction of sp³-hybridized carbons (Fsp3) is 0.321. The van der Waals surface area contributed by atoms with Crippen molar-refractivity contribution in [3.8, 4) is 23.1 Å². The third kappa shape index (κ3) is 7.41. The van der Waals surface area contributed by atoms with Crippen molar-refractivity contribution in [3.63, 3.8) is 0 Å². The quantitative estimate of drug-likeness (QED) is 0.173. The van der Waals surface area contributed by atoms with Gasteiger partial charge in [-0.25, -0.2) is 23.1 Å². The maximum Gasteiger partial charge on any atom is 0.280 e. The summed E-state index contributed by atoms with van der Waals surface area (Å²) in [6.07, 6.45) is 4.33. The molecule has 0 saturated heterocycles. The number of aromatic nitrogens is 3. The number of nitrogens with one attached hydrogen (secondary N) is 2. The fourth-order valence-corrected chi connectivity index (χ4v) is 7.41. The molecule has 0 spiro atoms. The van der Waals surface area contributed by atoms with Crippen molar-refractivity contribution >= 4 is 37.2 Å². The van der Waals surface area contributed by atoms with E-state index >= 15 is 0 Å². The second-order valence-corrected chi connectivity index (χ2v) is 14.1. The van der Waals surface area contributed by atoms with Crippen LogP contribution in [0, 0.1) is 0 Å². The van der Waals surface area contributed by atoms with Crippen molar-refractivity contribution in [2.24, 2.45) is 0 Å². The van der Waals surface area contributed by atoms with Crippen LogP contribution in [0.25, 0.3) is 0 Å². The van der Waals surface area contributed by atoms with E-state index < -0.39 is 20.0 Å². The molecule has 2 N–H and O–H groups in total. The zero-order chi connectivity index (χ0) is 30.5. The molecule has 12 nitrogen and oxygen atoms in total. The molecule has 0 unspecified atom stereocenters. The Hall–Kier alpha value is -3.79. The molecule has 43 heavy (non-hydrogen) atoms. The zero-order valence-corrected chi connectivity index (χ0v) is 26.0. The third-order valence-electron chi connectivity index (χ3n) is 6.32. The fourth-order valence-electron chi connectivity index (χ4n) is 4.16. The Morgan fingerprint density at radius 1 is 0.977 bits per heavy atom. The highest BCUT2D eigenvalue weighted by molar-refractivity contribution is 7.92. The molecular weight excluding hydrogens is 615 g/mol. The van der Waals surface area contributed by atoms with E-state index in [0.29, 0.717) is 23.6 Å². The van der Waals surface area contributed by atoms with Crippen molar-refractivity contribution in [1.29, 1.82) is 0 Å². The molecule has 1 aliphatic rings. The summed E-state index contributed by atoms with van der Waals surface area (Å²) in [5.41, 5.74) is 0.565. The third-order valence-corrected chi connectivity index (χ3v) is 10.5. The number of nitrogens with zero attached hydrogens (tertiary/aromatic N) is 3. The molecule has 0 aliphatic heterocycles. The van der Waals surface area contributed by atoms with Crippen LogP contribution in [0.5, 0.6) is 23.1 Å². The molecule has 0 atom stereocenters. The lowest BCUT2D eigenvalue weighted by Crippen LogP contribution is -2.28. The summed E-state index contributed by atoms with van der Waals surface area (Å²) >= 11 is 1.10. The van der Waals surface area contributed by atoms with E-state index in [-0.39, 0.29) is 51.5 Å². The van der Waals surface area contributed by atoms with E-state index in [1.165, 1.54) is 19.4 Å². The zero-order valence-electron chi connectivity index (χ0n) is 23.5. The highest BCUT2D eigenvalue weighted by Gasteiger charge is 2.32. The lowest BCUT2D eigenvalue weighted by molar-refractivity contribution is 0.290. The number of hydrogen-bond acceptors (Lipinski definition) is 11. The highest BCUT2D eigenvalue weighted by Crippen LogP contribution is 2.45. The number of pyridine rings is 1. The Kier molecular flexibility index (Phi) is 9.44. The van der Waals surface area contributed by atoms with Gasteiger partial charge in [0.2, 0.25) is 15.8 Å². The van der Waals surface area contributed by atoms with E-state index in [1.54, 1.807) is 47.8 Å². The van der Waals surface area contributed by atoms with Gasteiger partial charge in [-0.2, -0.15) is 13.4 Å². The first-order valence-corrected chi connectivity index (χ1v) is 17.4. The SMILES string of the molecule is CCCc1cccnc1S(=O)(=O)Nc1nc(C2CC2)nc(OCCNS(=O)(=O)c2cccs2)c1Oc1ccccc1OC. The van der Waals surface area contributed by atoms with Gasteiger partial charge < -0.3 is 14.2 Å². The van der Waals surface area contributed by atoms with Crippen LogP contribution in [0.1, 0.15) is 43.5 Å². The second-order valence-electron chi connectivity index (χ2n) is 9.59. The monoisotopic (exact) mass is 645 g/mol. The summed E-state index contributed by atoms with van der Waals surface area (Å²) < 4.78 is 75.3.